The average molecular weight is 118 g/mol. The summed E-state index contributed by atoms with van der Waals surface area (Å²) >= 11 is 0. The summed E-state index contributed by atoms with van der Waals surface area (Å²) in [6, 6.07) is 0. The lowest BCUT2D eigenvalue weighted by Gasteiger charge is -1.84. The Morgan fingerprint density at radius 2 is 1.57 bits per heavy atom. The molecule has 0 spiro atoms. The molecule has 0 aromatic heterocycles. The van der Waals surface area contributed by atoms with Crippen LogP contribution >= 0.6 is 0 Å². The minimum Gasteiger partial charge on any atom is -0.367 e. The van der Waals surface area contributed by atoms with Gasteiger partial charge in [0.25, 0.3) is 0 Å². The summed E-state index contributed by atoms with van der Waals surface area (Å²) in [6.45, 7) is 6.27. The van der Waals surface area contributed by atoms with Crippen LogP contribution in [0.1, 0.15) is 20.8 Å². The number of hydrogen-bond donors (Lipinski definition) is 0. The van der Waals surface area contributed by atoms with Gasteiger partial charge in [0.2, 0.25) is 0 Å². The van der Waals surface area contributed by atoms with E-state index in [9.17, 15) is 0 Å². The smallest absolute Gasteiger partial charge is 0.0889 e. The van der Waals surface area contributed by atoms with Gasteiger partial charge in [-0.15, -0.1) is 0 Å². The van der Waals surface area contributed by atoms with E-state index < -0.39 is 0 Å². The molecule has 1 aliphatic heterocycles. The summed E-state index contributed by atoms with van der Waals surface area (Å²) < 4.78 is 5.10. The lowest BCUT2D eigenvalue weighted by molar-refractivity contribution is 0.328. The molecule has 0 aromatic rings. The van der Waals surface area contributed by atoms with Crippen molar-refractivity contribution in [2.24, 2.45) is 0 Å². The quantitative estimate of drug-likeness (QED) is 0.315. The highest BCUT2D eigenvalue weighted by Gasteiger charge is 2.43. The van der Waals surface area contributed by atoms with Crippen molar-refractivity contribution in [3.63, 3.8) is 0 Å². The monoisotopic (exact) mass is 118 g/mol. The van der Waals surface area contributed by atoms with Crippen LogP contribution in [0.25, 0.3) is 0 Å². The molecule has 0 bridgehead atoms. The lowest BCUT2D eigenvalue weighted by Crippen LogP contribution is -1.97. The number of ether oxygens (including phenoxy) is 1. The van der Waals surface area contributed by atoms with E-state index in [4.69, 9.17) is 4.74 Å². The lowest BCUT2D eigenvalue weighted by atomic mass is 10.2. The van der Waals surface area contributed by atoms with Gasteiger partial charge < -0.3 is 4.74 Å². The normalized spacial score (nSPS) is 33.9. The zero-order valence-electron chi connectivity index (χ0n) is 4.49. The Kier molecular flexibility index (Phi) is 1.64. The van der Waals surface area contributed by atoms with Crippen LogP contribution in [0.3, 0.4) is 0 Å². The summed E-state index contributed by atoms with van der Waals surface area (Å²) in [5.74, 6) is 0. The molecule has 0 radical (unpaired) electrons. The maximum atomic E-state index is 5.10. The van der Waals surface area contributed by atoms with E-state index in [0.717, 1.165) is 0 Å². The zero-order valence-corrected chi connectivity index (χ0v) is 4.49. The molecule has 7 heavy (non-hydrogen) atoms. The Balaban J connectivity index is 0.000000360. The van der Waals surface area contributed by atoms with Crippen LogP contribution in [-0.4, -0.2) is 22.7 Å². The molecule has 1 unspecified atom stereocenters. The molecule has 0 N–H and O–H groups in total. The fourth-order valence-corrected chi connectivity index (χ4v) is 0.422. The summed E-state index contributed by atoms with van der Waals surface area (Å²) in [5, 5.41) is 0. The van der Waals surface area contributed by atoms with Crippen LogP contribution < -0.4 is 0 Å². The van der Waals surface area contributed by atoms with Gasteiger partial charge in [0, 0.05) is 0 Å². The molecule has 2 heteroatoms. The second-order valence-corrected chi connectivity index (χ2v) is 2.36. The molecule has 0 aliphatic carbocycles. The first kappa shape index (κ1) is 7.18. The molecule has 1 aliphatic rings. The van der Waals surface area contributed by atoms with Crippen molar-refractivity contribution in [1.82, 2.24) is 0 Å². The van der Waals surface area contributed by atoms with Crippen molar-refractivity contribution in [3.05, 3.63) is 0 Å². The molecule has 44 valence electrons. The van der Waals surface area contributed by atoms with Crippen molar-refractivity contribution in [2.75, 3.05) is 0 Å². The van der Waals surface area contributed by atoms with E-state index in [1.54, 1.807) is 0 Å². The van der Waals surface area contributed by atoms with Gasteiger partial charge in [0.1, 0.15) is 0 Å². The van der Waals surface area contributed by atoms with Gasteiger partial charge in [-0.05, 0) is 31.7 Å². The molecular weight excluding hydrogens is 104 g/mol. The summed E-state index contributed by atoms with van der Waals surface area (Å²) in [4.78, 5) is 0. The Morgan fingerprint density at radius 1 is 1.43 bits per heavy atom. The van der Waals surface area contributed by atoms with E-state index in [0.29, 0.717) is 6.10 Å². The standard InChI is InChI=1S/C5H10O.H4Si/c1-4-5(2,3)6-4;/h4H,1-3H3;1H4. The first-order valence-corrected chi connectivity index (χ1v) is 2.31. The first-order valence-electron chi connectivity index (χ1n) is 2.31. The van der Waals surface area contributed by atoms with Crippen molar-refractivity contribution in [2.45, 2.75) is 32.5 Å². The molecule has 1 nitrogen and oxygen atoms in total. The van der Waals surface area contributed by atoms with Gasteiger partial charge in [-0.3, -0.25) is 0 Å². The fourth-order valence-electron chi connectivity index (χ4n) is 0.422. The van der Waals surface area contributed by atoms with E-state index in [2.05, 4.69) is 20.8 Å². The molecule has 1 rings (SSSR count). The van der Waals surface area contributed by atoms with Gasteiger partial charge in [-0.2, -0.15) is 0 Å². The minimum absolute atomic E-state index is 0. The first-order chi connectivity index (χ1) is 2.63. The fraction of sp³-hybridized carbons (Fsp3) is 1.00. The average Bonchev–Trinajstić information content (AvgIpc) is 1.73. The van der Waals surface area contributed by atoms with Crippen molar-refractivity contribution in [1.29, 1.82) is 0 Å². The molecular formula is C5H14OSi. The van der Waals surface area contributed by atoms with Gasteiger partial charge in [0.05, 0.1) is 11.7 Å². The molecule has 0 aromatic carbocycles. The highest BCUT2D eigenvalue weighted by molar-refractivity contribution is 5.75. The molecule has 1 atom stereocenters. The summed E-state index contributed by atoms with van der Waals surface area (Å²) in [5.41, 5.74) is 0.208. The Hall–Kier alpha value is 0.177. The van der Waals surface area contributed by atoms with Gasteiger partial charge >= 0.3 is 0 Å². The van der Waals surface area contributed by atoms with Crippen LogP contribution in [0.5, 0.6) is 0 Å². The van der Waals surface area contributed by atoms with Crippen LogP contribution in [0, 0.1) is 0 Å². The highest BCUT2D eigenvalue weighted by Crippen LogP contribution is 2.33. The largest absolute Gasteiger partial charge is 0.367 e. The molecule has 0 saturated carbocycles. The second-order valence-electron chi connectivity index (χ2n) is 2.36. The number of hydrogen-bond acceptors (Lipinski definition) is 1. The molecule has 0 amide bonds. The Labute approximate surface area is 49.1 Å². The predicted octanol–water partition coefficient (Wildman–Crippen LogP) is -0.268. The van der Waals surface area contributed by atoms with Crippen molar-refractivity contribution < 1.29 is 4.74 Å². The zero-order chi connectivity index (χ0) is 4.78. The maximum absolute atomic E-state index is 5.10. The molecule has 1 fully saturated rings. The van der Waals surface area contributed by atoms with Crippen LogP contribution in [0.4, 0.5) is 0 Å². The third-order valence-electron chi connectivity index (χ3n) is 1.40. The van der Waals surface area contributed by atoms with E-state index in [1.165, 1.54) is 0 Å². The van der Waals surface area contributed by atoms with Gasteiger partial charge in [-0.1, -0.05) is 0 Å². The van der Waals surface area contributed by atoms with Crippen LogP contribution in [0.2, 0.25) is 0 Å². The van der Waals surface area contributed by atoms with E-state index in [-0.39, 0.29) is 16.6 Å². The highest BCUT2D eigenvalue weighted by atomic mass is 28.1. The maximum Gasteiger partial charge on any atom is 0.0889 e. The van der Waals surface area contributed by atoms with Crippen LogP contribution in [0.15, 0.2) is 0 Å². The molecule has 1 saturated heterocycles. The number of rotatable bonds is 0. The minimum atomic E-state index is 0. The number of epoxide rings is 1. The van der Waals surface area contributed by atoms with Gasteiger partial charge in [-0.25, -0.2) is 0 Å². The van der Waals surface area contributed by atoms with E-state index >= 15 is 0 Å². The predicted molar refractivity (Wildman–Crippen MR) is 36.0 cm³/mol. The molecule has 1 heterocycles. The summed E-state index contributed by atoms with van der Waals surface area (Å²) in [7, 11) is 0. The third kappa shape index (κ3) is 1.28. The van der Waals surface area contributed by atoms with Gasteiger partial charge in [0.15, 0.2) is 0 Å². The Bertz CT molecular complexity index is 70.5. The van der Waals surface area contributed by atoms with Crippen molar-refractivity contribution in [3.8, 4) is 0 Å². The van der Waals surface area contributed by atoms with Crippen molar-refractivity contribution >= 4 is 11.0 Å². The Morgan fingerprint density at radius 3 is 1.57 bits per heavy atom. The third-order valence-corrected chi connectivity index (χ3v) is 1.40. The second kappa shape index (κ2) is 1.60. The topological polar surface area (TPSA) is 12.5 Å². The van der Waals surface area contributed by atoms with E-state index in [1.807, 2.05) is 0 Å². The SMILES string of the molecule is CC1OC1(C)C.[SiH4]. The summed E-state index contributed by atoms with van der Waals surface area (Å²) in [6.07, 6.45) is 0.498. The van der Waals surface area contributed by atoms with Crippen LogP contribution in [-0.2, 0) is 4.74 Å².